The van der Waals surface area contributed by atoms with Gasteiger partial charge in [-0.25, -0.2) is 8.78 Å². The van der Waals surface area contributed by atoms with Gasteiger partial charge >= 0.3 is 0 Å². The van der Waals surface area contributed by atoms with E-state index in [0.717, 1.165) is 5.56 Å². The van der Waals surface area contributed by atoms with E-state index in [2.05, 4.69) is 4.98 Å². The van der Waals surface area contributed by atoms with E-state index in [1.807, 2.05) is 20.8 Å². The zero-order chi connectivity index (χ0) is 10.1. The molecule has 1 nitrogen and oxygen atoms in total. The van der Waals surface area contributed by atoms with Crippen molar-refractivity contribution in [1.82, 2.24) is 4.98 Å². The quantitative estimate of drug-likeness (QED) is 0.654. The summed E-state index contributed by atoms with van der Waals surface area (Å²) in [6.45, 7) is 5.91. The molecule has 0 radical (unpaired) electrons. The fourth-order valence-electron chi connectivity index (χ4n) is 0.987. The van der Waals surface area contributed by atoms with Crippen LogP contribution >= 0.6 is 0 Å². The van der Waals surface area contributed by atoms with E-state index in [1.54, 1.807) is 6.20 Å². The third-order valence-corrected chi connectivity index (χ3v) is 1.88. The Balaban J connectivity index is 3.06. The molecule has 1 rings (SSSR count). The summed E-state index contributed by atoms with van der Waals surface area (Å²) in [5.41, 5.74) is 0.704. The first-order valence-electron chi connectivity index (χ1n) is 4.15. The van der Waals surface area contributed by atoms with Gasteiger partial charge in [-0.3, -0.25) is 4.98 Å². The number of alkyl halides is 2. The van der Waals surface area contributed by atoms with Crippen LogP contribution in [0.1, 0.15) is 38.3 Å². The van der Waals surface area contributed by atoms with E-state index >= 15 is 0 Å². The second-order valence-electron chi connectivity index (χ2n) is 4.06. The topological polar surface area (TPSA) is 12.9 Å². The van der Waals surface area contributed by atoms with E-state index in [1.165, 1.54) is 12.3 Å². The lowest BCUT2D eigenvalue weighted by Gasteiger charge is -2.18. The van der Waals surface area contributed by atoms with E-state index in [4.69, 9.17) is 0 Å². The van der Waals surface area contributed by atoms with Crippen LogP contribution in [0.4, 0.5) is 8.78 Å². The predicted molar refractivity (Wildman–Crippen MR) is 47.9 cm³/mol. The van der Waals surface area contributed by atoms with Crippen molar-refractivity contribution in [2.75, 3.05) is 0 Å². The highest BCUT2D eigenvalue weighted by Gasteiger charge is 2.16. The maximum absolute atomic E-state index is 12.3. The fraction of sp³-hybridized carbons (Fsp3) is 0.500. The van der Waals surface area contributed by atoms with E-state index < -0.39 is 6.43 Å². The summed E-state index contributed by atoms with van der Waals surface area (Å²) < 4.78 is 24.6. The zero-order valence-corrected chi connectivity index (χ0v) is 8.01. The number of hydrogen-bond acceptors (Lipinski definition) is 1. The smallest absolute Gasteiger partial charge is 0.264 e. The highest BCUT2D eigenvalue weighted by molar-refractivity contribution is 5.24. The van der Waals surface area contributed by atoms with Crippen molar-refractivity contribution in [3.8, 4) is 0 Å². The maximum atomic E-state index is 12.3. The van der Waals surface area contributed by atoms with Crippen molar-refractivity contribution in [3.05, 3.63) is 29.6 Å². The van der Waals surface area contributed by atoms with Crippen LogP contribution in [0.3, 0.4) is 0 Å². The number of aromatic nitrogens is 1. The minimum Gasteiger partial charge on any atom is -0.264 e. The molecule has 0 aliphatic heterocycles. The number of pyridine rings is 1. The number of hydrogen-bond donors (Lipinski definition) is 0. The molecule has 0 saturated carbocycles. The lowest BCUT2D eigenvalue weighted by Crippen LogP contribution is -2.11. The molecule has 1 aromatic rings. The molecule has 1 aromatic heterocycles. The van der Waals surface area contributed by atoms with E-state index in [9.17, 15) is 8.78 Å². The molecule has 0 spiro atoms. The van der Waals surface area contributed by atoms with Crippen molar-refractivity contribution >= 4 is 0 Å². The van der Waals surface area contributed by atoms with Crippen molar-refractivity contribution in [2.24, 2.45) is 0 Å². The fourth-order valence-corrected chi connectivity index (χ4v) is 0.987. The number of rotatable bonds is 1. The molecule has 13 heavy (non-hydrogen) atoms. The molecule has 0 aromatic carbocycles. The van der Waals surface area contributed by atoms with Crippen LogP contribution in [0, 0.1) is 0 Å². The molecule has 0 N–H and O–H groups in total. The normalized spacial score (nSPS) is 12.2. The Morgan fingerprint density at radius 1 is 1.23 bits per heavy atom. The van der Waals surface area contributed by atoms with Gasteiger partial charge in [0.15, 0.2) is 0 Å². The molecule has 0 saturated heterocycles. The third-order valence-electron chi connectivity index (χ3n) is 1.88. The average Bonchev–Trinajstić information content (AvgIpc) is 2.03. The summed E-state index contributed by atoms with van der Waals surface area (Å²) in [7, 11) is 0. The Morgan fingerprint density at radius 2 is 1.85 bits per heavy atom. The average molecular weight is 185 g/mol. The Kier molecular flexibility index (Phi) is 2.64. The van der Waals surface area contributed by atoms with Crippen molar-refractivity contribution in [1.29, 1.82) is 0 Å². The molecule has 0 unspecified atom stereocenters. The molecular weight excluding hydrogens is 172 g/mol. The first-order chi connectivity index (χ1) is 5.91. The maximum Gasteiger partial charge on any atom is 0.265 e. The second-order valence-corrected chi connectivity index (χ2v) is 4.06. The van der Waals surface area contributed by atoms with E-state index in [-0.39, 0.29) is 11.0 Å². The summed E-state index contributed by atoms with van der Waals surface area (Å²) in [6.07, 6.45) is 0.404. The van der Waals surface area contributed by atoms with Gasteiger partial charge in [0, 0.05) is 18.0 Å². The monoisotopic (exact) mass is 185 g/mol. The van der Waals surface area contributed by atoms with Crippen molar-refractivity contribution in [2.45, 2.75) is 32.6 Å². The van der Waals surface area contributed by atoms with Gasteiger partial charge in [-0.1, -0.05) is 20.8 Å². The Hall–Kier alpha value is -0.990. The largest absolute Gasteiger partial charge is 0.265 e. The van der Waals surface area contributed by atoms with Crippen molar-refractivity contribution < 1.29 is 8.78 Å². The van der Waals surface area contributed by atoms with Crippen LogP contribution in [0.5, 0.6) is 0 Å². The van der Waals surface area contributed by atoms with Crippen LogP contribution in [0.2, 0.25) is 0 Å². The highest BCUT2D eigenvalue weighted by Crippen LogP contribution is 2.25. The third kappa shape index (κ3) is 2.47. The summed E-state index contributed by atoms with van der Waals surface area (Å²) >= 11 is 0. The summed E-state index contributed by atoms with van der Waals surface area (Å²) in [4.78, 5) is 3.79. The van der Waals surface area contributed by atoms with Gasteiger partial charge in [0.25, 0.3) is 6.43 Å². The lowest BCUT2D eigenvalue weighted by atomic mass is 9.88. The highest BCUT2D eigenvalue weighted by atomic mass is 19.3. The summed E-state index contributed by atoms with van der Waals surface area (Å²) in [5, 5.41) is 0. The number of nitrogens with zero attached hydrogens (tertiary/aromatic N) is 1. The van der Waals surface area contributed by atoms with Gasteiger partial charge in [0.2, 0.25) is 0 Å². The first-order valence-corrected chi connectivity index (χ1v) is 4.15. The molecule has 0 amide bonds. The minimum absolute atomic E-state index is 0.00701. The Bertz CT molecular complexity index is 289. The molecule has 0 aliphatic rings. The van der Waals surface area contributed by atoms with Crippen molar-refractivity contribution in [3.63, 3.8) is 0 Å². The first kappa shape index (κ1) is 10.1. The Morgan fingerprint density at radius 3 is 2.31 bits per heavy atom. The molecular formula is C10H13F2N. The van der Waals surface area contributed by atoms with Gasteiger partial charge in [0.1, 0.15) is 0 Å². The van der Waals surface area contributed by atoms with Gasteiger partial charge < -0.3 is 0 Å². The SMILES string of the molecule is CC(C)(C)c1cncc(C(F)F)c1. The minimum atomic E-state index is -2.44. The molecule has 72 valence electrons. The van der Waals surface area contributed by atoms with Gasteiger partial charge in [-0.2, -0.15) is 0 Å². The predicted octanol–water partition coefficient (Wildman–Crippen LogP) is 3.32. The van der Waals surface area contributed by atoms with Crippen LogP contribution in [0.25, 0.3) is 0 Å². The summed E-state index contributed by atoms with van der Waals surface area (Å²) in [6, 6.07) is 1.51. The standard InChI is InChI=1S/C10H13F2N/c1-10(2,3)8-4-7(9(11)12)5-13-6-8/h4-6,9H,1-3H3. The molecule has 0 aliphatic carbocycles. The molecule has 3 heteroatoms. The van der Waals surface area contributed by atoms with Crippen LogP contribution < -0.4 is 0 Å². The molecule has 0 bridgehead atoms. The van der Waals surface area contributed by atoms with Crippen LogP contribution in [-0.2, 0) is 5.41 Å². The molecule has 0 atom stereocenters. The van der Waals surface area contributed by atoms with E-state index in [0.29, 0.717) is 0 Å². The zero-order valence-electron chi connectivity index (χ0n) is 8.01. The second kappa shape index (κ2) is 3.40. The lowest BCUT2D eigenvalue weighted by molar-refractivity contribution is 0.150. The Labute approximate surface area is 76.8 Å². The summed E-state index contributed by atoms with van der Waals surface area (Å²) in [5.74, 6) is 0. The number of halogens is 2. The van der Waals surface area contributed by atoms with Crippen LogP contribution in [-0.4, -0.2) is 4.98 Å². The van der Waals surface area contributed by atoms with Gasteiger partial charge in [-0.15, -0.1) is 0 Å². The van der Waals surface area contributed by atoms with Gasteiger partial charge in [-0.05, 0) is 17.0 Å². The van der Waals surface area contributed by atoms with Crippen LogP contribution in [0.15, 0.2) is 18.5 Å². The molecule has 0 fully saturated rings. The van der Waals surface area contributed by atoms with Gasteiger partial charge in [0.05, 0.1) is 0 Å². The molecule has 1 heterocycles.